The maximum absolute atomic E-state index is 12.2. The van der Waals surface area contributed by atoms with E-state index >= 15 is 0 Å². The van der Waals surface area contributed by atoms with Crippen LogP contribution in [0.1, 0.15) is 13.8 Å². The fourth-order valence-corrected chi connectivity index (χ4v) is 3.22. The zero-order valence-corrected chi connectivity index (χ0v) is 15.9. The van der Waals surface area contributed by atoms with Crippen molar-refractivity contribution in [1.29, 1.82) is 0 Å². The average Bonchev–Trinajstić information content (AvgIpc) is 2.53. The molecule has 138 valence electrons. The van der Waals surface area contributed by atoms with Gasteiger partial charge in [0.25, 0.3) is 0 Å². The number of methoxy groups -OCH3 is 1. The Balaban J connectivity index is 2.17. The van der Waals surface area contributed by atoms with Crippen LogP contribution in [-0.4, -0.2) is 65.8 Å². The van der Waals surface area contributed by atoms with Crippen molar-refractivity contribution in [2.24, 2.45) is 0 Å². The summed E-state index contributed by atoms with van der Waals surface area (Å²) in [6.45, 7) is 5.18. The highest BCUT2D eigenvalue weighted by Gasteiger charge is 2.33. The molecule has 1 aliphatic rings. The molecule has 1 N–H and O–H groups in total. The van der Waals surface area contributed by atoms with E-state index in [1.165, 1.54) is 13.3 Å². The van der Waals surface area contributed by atoms with Gasteiger partial charge in [-0.3, -0.25) is 9.69 Å². The van der Waals surface area contributed by atoms with Crippen LogP contribution in [0.3, 0.4) is 0 Å². The fraction of sp³-hybridized carbons (Fsp3) is 0.600. The Kier molecular flexibility index (Phi) is 6.68. The number of halogens is 1. The van der Waals surface area contributed by atoms with Gasteiger partial charge in [-0.15, -0.1) is 0 Å². The standard InChI is InChI=1S/C15H21BrN4O5/c1-9-7-19(8-10(2)25-9)13(15(21)24-3)6-17-12-4-11(16)5-18-14(12)20(22)23/h4-5,9-10,13,17H,6-8H2,1-3H3/t9-,10+,13?. The summed E-state index contributed by atoms with van der Waals surface area (Å²) >= 11 is 3.24. The second kappa shape index (κ2) is 8.54. The fourth-order valence-electron chi connectivity index (χ4n) is 2.88. The number of carbonyl (C=O) groups excluding carboxylic acids is 1. The Morgan fingerprint density at radius 1 is 1.56 bits per heavy atom. The van der Waals surface area contributed by atoms with Gasteiger partial charge >= 0.3 is 11.8 Å². The summed E-state index contributed by atoms with van der Waals surface area (Å²) in [7, 11) is 1.33. The Bertz CT molecular complexity index is 634. The van der Waals surface area contributed by atoms with Crippen molar-refractivity contribution in [3.05, 3.63) is 26.9 Å². The Labute approximate surface area is 154 Å². The molecule has 1 aliphatic heterocycles. The number of anilines is 1. The normalized spacial score (nSPS) is 22.2. The number of hydrogen-bond donors (Lipinski definition) is 1. The number of nitrogens with zero attached hydrogens (tertiary/aromatic N) is 3. The van der Waals surface area contributed by atoms with E-state index in [1.807, 2.05) is 18.7 Å². The number of nitro groups is 1. The van der Waals surface area contributed by atoms with Gasteiger partial charge in [-0.1, -0.05) is 0 Å². The number of morpholine rings is 1. The Morgan fingerprint density at radius 3 is 2.76 bits per heavy atom. The van der Waals surface area contributed by atoms with Crippen LogP contribution in [0.15, 0.2) is 16.7 Å². The molecule has 10 heteroatoms. The molecular weight excluding hydrogens is 396 g/mol. The topological polar surface area (TPSA) is 107 Å². The first-order chi connectivity index (χ1) is 11.8. The van der Waals surface area contributed by atoms with Gasteiger partial charge < -0.3 is 24.9 Å². The number of esters is 1. The first kappa shape index (κ1) is 19.5. The SMILES string of the molecule is COC(=O)C(CNc1cc(Br)cnc1[N+](=O)[O-])N1C[C@@H](C)O[C@@H](C)C1. The number of ether oxygens (including phenoxy) is 2. The van der Waals surface area contributed by atoms with E-state index in [1.54, 1.807) is 6.07 Å². The summed E-state index contributed by atoms with van der Waals surface area (Å²) in [6, 6.07) is 0.974. The van der Waals surface area contributed by atoms with Crippen molar-refractivity contribution in [2.75, 3.05) is 32.1 Å². The van der Waals surface area contributed by atoms with Crippen LogP contribution in [0.5, 0.6) is 0 Å². The van der Waals surface area contributed by atoms with Gasteiger partial charge in [0.15, 0.2) is 6.20 Å². The lowest BCUT2D eigenvalue weighted by Gasteiger charge is -2.39. The van der Waals surface area contributed by atoms with Crippen LogP contribution in [0.4, 0.5) is 11.5 Å². The first-order valence-corrected chi connectivity index (χ1v) is 8.62. The van der Waals surface area contributed by atoms with Crippen molar-refractivity contribution < 1.29 is 19.2 Å². The molecule has 9 nitrogen and oxygen atoms in total. The summed E-state index contributed by atoms with van der Waals surface area (Å²) < 4.78 is 11.2. The minimum Gasteiger partial charge on any atom is -0.468 e. The molecule has 25 heavy (non-hydrogen) atoms. The van der Waals surface area contributed by atoms with E-state index in [0.29, 0.717) is 17.6 Å². The number of pyridine rings is 1. The van der Waals surface area contributed by atoms with Crippen molar-refractivity contribution in [3.8, 4) is 0 Å². The molecular formula is C15H21BrN4O5. The quantitative estimate of drug-likeness (QED) is 0.425. The second-order valence-electron chi connectivity index (χ2n) is 5.91. The molecule has 0 aromatic carbocycles. The van der Waals surface area contributed by atoms with Gasteiger partial charge in [0.2, 0.25) is 0 Å². The highest BCUT2D eigenvalue weighted by molar-refractivity contribution is 9.10. The maximum Gasteiger partial charge on any atom is 0.386 e. The summed E-state index contributed by atoms with van der Waals surface area (Å²) in [6.07, 6.45) is 1.32. The molecule has 3 atom stereocenters. The lowest BCUT2D eigenvalue weighted by Crippen LogP contribution is -2.55. The van der Waals surface area contributed by atoms with Crippen molar-refractivity contribution in [2.45, 2.75) is 32.1 Å². The monoisotopic (exact) mass is 416 g/mol. The van der Waals surface area contributed by atoms with Crippen LogP contribution in [0.25, 0.3) is 0 Å². The molecule has 1 unspecified atom stereocenters. The van der Waals surface area contributed by atoms with Gasteiger partial charge in [0, 0.05) is 19.6 Å². The predicted octanol–water partition coefficient (Wildman–Crippen LogP) is 1.81. The third kappa shape index (κ3) is 5.10. The molecule has 0 spiro atoms. The minimum absolute atomic E-state index is 0.0159. The molecule has 1 aromatic heterocycles. The number of hydrogen-bond acceptors (Lipinski definition) is 8. The average molecular weight is 417 g/mol. The Hall–Kier alpha value is -1.78. The van der Waals surface area contributed by atoms with Crippen LogP contribution < -0.4 is 5.32 Å². The molecule has 2 heterocycles. The number of nitrogens with one attached hydrogen (secondary N) is 1. The van der Waals surface area contributed by atoms with Crippen molar-refractivity contribution in [1.82, 2.24) is 9.88 Å². The van der Waals surface area contributed by atoms with Crippen LogP contribution in [0.2, 0.25) is 0 Å². The van der Waals surface area contributed by atoms with Crippen LogP contribution >= 0.6 is 15.9 Å². The van der Waals surface area contributed by atoms with Crippen molar-refractivity contribution in [3.63, 3.8) is 0 Å². The third-order valence-electron chi connectivity index (χ3n) is 3.85. The third-order valence-corrected chi connectivity index (χ3v) is 4.29. The molecule has 1 fully saturated rings. The molecule has 1 aromatic rings. The van der Waals surface area contributed by atoms with E-state index < -0.39 is 16.9 Å². The zero-order chi connectivity index (χ0) is 18.6. The molecule has 0 amide bonds. The summed E-state index contributed by atoms with van der Waals surface area (Å²) in [5.41, 5.74) is 0.239. The van der Waals surface area contributed by atoms with E-state index in [-0.39, 0.29) is 30.3 Å². The first-order valence-electron chi connectivity index (χ1n) is 7.83. The zero-order valence-electron chi connectivity index (χ0n) is 14.3. The second-order valence-corrected chi connectivity index (χ2v) is 6.83. The molecule has 1 saturated heterocycles. The summed E-state index contributed by atoms with van der Waals surface area (Å²) in [5.74, 6) is -0.699. The molecule has 2 rings (SSSR count). The number of carbonyl (C=O) groups is 1. The maximum atomic E-state index is 12.2. The van der Waals surface area contributed by atoms with Gasteiger partial charge in [0.1, 0.15) is 11.7 Å². The van der Waals surface area contributed by atoms with Crippen LogP contribution in [-0.2, 0) is 14.3 Å². The van der Waals surface area contributed by atoms with E-state index in [4.69, 9.17) is 9.47 Å². The molecule has 0 aliphatic carbocycles. The lowest BCUT2D eigenvalue weighted by atomic mass is 10.1. The Morgan fingerprint density at radius 2 is 2.20 bits per heavy atom. The van der Waals surface area contributed by atoms with Gasteiger partial charge in [-0.2, -0.15) is 0 Å². The molecule has 0 saturated carbocycles. The molecule has 0 radical (unpaired) electrons. The van der Waals surface area contributed by atoms with Crippen LogP contribution in [0, 0.1) is 10.1 Å². The predicted molar refractivity (Wildman–Crippen MR) is 94.5 cm³/mol. The largest absolute Gasteiger partial charge is 0.468 e. The number of rotatable bonds is 6. The van der Waals surface area contributed by atoms with Gasteiger partial charge in [-0.05, 0) is 45.8 Å². The smallest absolute Gasteiger partial charge is 0.386 e. The van der Waals surface area contributed by atoms with E-state index in [0.717, 1.165) is 0 Å². The van der Waals surface area contributed by atoms with E-state index in [9.17, 15) is 14.9 Å². The van der Waals surface area contributed by atoms with Crippen molar-refractivity contribution >= 4 is 33.4 Å². The molecule has 0 bridgehead atoms. The lowest BCUT2D eigenvalue weighted by molar-refractivity contribution is -0.388. The summed E-state index contributed by atoms with van der Waals surface area (Å²) in [4.78, 5) is 28.6. The number of aromatic nitrogens is 1. The highest BCUT2D eigenvalue weighted by atomic mass is 79.9. The van der Waals surface area contributed by atoms with E-state index in [2.05, 4.69) is 26.2 Å². The van der Waals surface area contributed by atoms with Gasteiger partial charge in [-0.25, -0.2) is 0 Å². The minimum atomic E-state index is -0.586. The summed E-state index contributed by atoms with van der Waals surface area (Å²) in [5, 5.41) is 14.1. The highest BCUT2D eigenvalue weighted by Crippen LogP contribution is 2.25. The van der Waals surface area contributed by atoms with Gasteiger partial charge in [0.05, 0.1) is 23.8 Å².